The zero-order valence-corrected chi connectivity index (χ0v) is 19.4. The monoisotopic (exact) mass is 522 g/mol. The Morgan fingerprint density at radius 2 is 1.83 bits per heavy atom. The van der Waals surface area contributed by atoms with Crippen LogP contribution in [0.3, 0.4) is 0 Å². The van der Waals surface area contributed by atoms with Crippen molar-refractivity contribution in [3.05, 3.63) is 72.3 Å². The molecule has 3 aromatic rings. The van der Waals surface area contributed by atoms with E-state index < -0.39 is 0 Å². The largest absolute Gasteiger partial charge is 0.497 e. The molecule has 0 bridgehead atoms. The van der Waals surface area contributed by atoms with Crippen molar-refractivity contribution in [2.75, 3.05) is 27.3 Å². The molecule has 0 fully saturated rings. The van der Waals surface area contributed by atoms with Gasteiger partial charge in [-0.2, -0.15) is 5.10 Å². The van der Waals surface area contributed by atoms with Gasteiger partial charge in [0.1, 0.15) is 30.8 Å². The van der Waals surface area contributed by atoms with E-state index in [9.17, 15) is 0 Å². The molecular formula is C21H27IN6O2. The van der Waals surface area contributed by atoms with Crippen molar-refractivity contribution >= 4 is 29.9 Å². The summed E-state index contributed by atoms with van der Waals surface area (Å²) in [5.74, 6) is 2.34. The Morgan fingerprint density at radius 3 is 2.53 bits per heavy atom. The van der Waals surface area contributed by atoms with Crippen LogP contribution in [0.4, 0.5) is 0 Å². The van der Waals surface area contributed by atoms with Crippen LogP contribution in [0.15, 0.2) is 66.2 Å². The summed E-state index contributed by atoms with van der Waals surface area (Å²) in [5.41, 5.74) is 2.34. The van der Waals surface area contributed by atoms with Crippen molar-refractivity contribution in [2.24, 2.45) is 4.99 Å². The van der Waals surface area contributed by atoms with Crippen molar-refractivity contribution in [1.82, 2.24) is 25.4 Å². The minimum absolute atomic E-state index is 0. The minimum Gasteiger partial charge on any atom is -0.497 e. The number of guanidine groups is 1. The minimum atomic E-state index is 0. The quantitative estimate of drug-likeness (QED) is 0.195. The third-order valence-corrected chi connectivity index (χ3v) is 4.21. The molecule has 0 aliphatic heterocycles. The lowest BCUT2D eigenvalue weighted by Crippen LogP contribution is -2.38. The molecule has 0 amide bonds. The van der Waals surface area contributed by atoms with Gasteiger partial charge in [0, 0.05) is 13.6 Å². The maximum Gasteiger partial charge on any atom is 0.191 e. The second-order valence-electron chi connectivity index (χ2n) is 6.29. The Bertz CT molecular complexity index is 900. The van der Waals surface area contributed by atoms with Gasteiger partial charge in [-0.25, -0.2) is 9.67 Å². The van der Waals surface area contributed by atoms with Gasteiger partial charge in [-0.15, -0.1) is 24.0 Å². The summed E-state index contributed by atoms with van der Waals surface area (Å²) in [6.07, 6.45) is 3.25. The summed E-state index contributed by atoms with van der Waals surface area (Å²) in [4.78, 5) is 8.23. The summed E-state index contributed by atoms with van der Waals surface area (Å²) >= 11 is 0. The first-order valence-corrected chi connectivity index (χ1v) is 9.38. The van der Waals surface area contributed by atoms with E-state index in [1.165, 1.54) is 11.1 Å². The van der Waals surface area contributed by atoms with Gasteiger partial charge in [0.05, 0.1) is 20.2 Å². The number of nitrogens with one attached hydrogen (secondary N) is 2. The number of aliphatic imine (C=N–C) groups is 1. The van der Waals surface area contributed by atoms with Crippen molar-refractivity contribution in [2.45, 2.75) is 13.1 Å². The molecule has 1 heterocycles. The SMILES string of the molecule is CN=C(NCCOc1ccc(OC)cc1)NCc1cccc(Cn2cncn2)c1.I. The third-order valence-electron chi connectivity index (χ3n) is 4.21. The van der Waals surface area contributed by atoms with Gasteiger partial charge < -0.3 is 20.1 Å². The van der Waals surface area contributed by atoms with E-state index >= 15 is 0 Å². The first kappa shape index (κ1) is 23.5. The average molecular weight is 522 g/mol. The highest BCUT2D eigenvalue weighted by Gasteiger charge is 2.02. The molecule has 0 saturated carbocycles. The van der Waals surface area contributed by atoms with E-state index in [4.69, 9.17) is 9.47 Å². The molecular weight excluding hydrogens is 495 g/mol. The molecule has 2 aromatic carbocycles. The number of methoxy groups -OCH3 is 1. The fraction of sp³-hybridized carbons (Fsp3) is 0.286. The summed E-state index contributed by atoms with van der Waals surface area (Å²) in [5, 5.41) is 10.7. The predicted octanol–water partition coefficient (Wildman–Crippen LogP) is 2.70. The summed E-state index contributed by atoms with van der Waals surface area (Å²) in [6, 6.07) is 15.9. The van der Waals surface area contributed by atoms with Crippen molar-refractivity contribution in [1.29, 1.82) is 0 Å². The molecule has 0 spiro atoms. The van der Waals surface area contributed by atoms with Crippen LogP contribution in [0.1, 0.15) is 11.1 Å². The lowest BCUT2D eigenvalue weighted by atomic mass is 10.1. The van der Waals surface area contributed by atoms with Gasteiger partial charge in [0.15, 0.2) is 5.96 Å². The molecule has 0 aliphatic carbocycles. The molecule has 1 aromatic heterocycles. The molecule has 8 nitrogen and oxygen atoms in total. The van der Waals surface area contributed by atoms with Crippen LogP contribution >= 0.6 is 24.0 Å². The Labute approximate surface area is 193 Å². The van der Waals surface area contributed by atoms with E-state index in [0.29, 0.717) is 26.2 Å². The number of aromatic nitrogens is 3. The van der Waals surface area contributed by atoms with Crippen LogP contribution in [0, 0.1) is 0 Å². The van der Waals surface area contributed by atoms with Gasteiger partial charge in [0.2, 0.25) is 0 Å². The number of ether oxygens (including phenoxy) is 2. The van der Waals surface area contributed by atoms with Gasteiger partial charge in [-0.1, -0.05) is 24.3 Å². The number of nitrogens with zero attached hydrogens (tertiary/aromatic N) is 4. The first-order valence-electron chi connectivity index (χ1n) is 9.38. The Hall–Kier alpha value is -2.82. The summed E-state index contributed by atoms with van der Waals surface area (Å²) in [6.45, 7) is 2.53. The highest BCUT2D eigenvalue weighted by molar-refractivity contribution is 14.0. The first-order chi connectivity index (χ1) is 14.3. The van der Waals surface area contributed by atoms with E-state index in [-0.39, 0.29) is 24.0 Å². The van der Waals surface area contributed by atoms with E-state index in [1.807, 2.05) is 30.3 Å². The number of benzene rings is 2. The molecule has 0 aliphatic rings. The fourth-order valence-corrected chi connectivity index (χ4v) is 2.76. The van der Waals surface area contributed by atoms with Gasteiger partial charge in [0.25, 0.3) is 0 Å². The maximum absolute atomic E-state index is 5.71. The van der Waals surface area contributed by atoms with Crippen LogP contribution in [-0.4, -0.2) is 48.0 Å². The van der Waals surface area contributed by atoms with Gasteiger partial charge in [-0.3, -0.25) is 4.99 Å². The Balaban J connectivity index is 0.00000320. The summed E-state index contributed by atoms with van der Waals surface area (Å²) in [7, 11) is 3.40. The topological polar surface area (TPSA) is 85.6 Å². The molecule has 3 rings (SSSR count). The normalized spacial score (nSPS) is 10.8. The van der Waals surface area contributed by atoms with E-state index in [2.05, 4.69) is 43.9 Å². The Morgan fingerprint density at radius 1 is 1.07 bits per heavy atom. The molecule has 0 saturated heterocycles. The number of halogens is 1. The van der Waals surface area contributed by atoms with Crippen LogP contribution < -0.4 is 20.1 Å². The maximum atomic E-state index is 5.71. The predicted molar refractivity (Wildman–Crippen MR) is 128 cm³/mol. The van der Waals surface area contributed by atoms with Crippen molar-refractivity contribution < 1.29 is 9.47 Å². The zero-order valence-electron chi connectivity index (χ0n) is 17.1. The second kappa shape index (κ2) is 12.7. The fourth-order valence-electron chi connectivity index (χ4n) is 2.76. The zero-order chi connectivity index (χ0) is 20.3. The number of hydrogen-bond donors (Lipinski definition) is 2. The van der Waals surface area contributed by atoms with Crippen molar-refractivity contribution in [3.8, 4) is 11.5 Å². The van der Waals surface area contributed by atoms with Crippen LogP contribution in [-0.2, 0) is 13.1 Å². The highest BCUT2D eigenvalue weighted by Crippen LogP contribution is 2.16. The Kier molecular flexibility index (Phi) is 9.92. The summed E-state index contributed by atoms with van der Waals surface area (Å²) < 4.78 is 12.7. The van der Waals surface area contributed by atoms with Crippen LogP contribution in [0.5, 0.6) is 11.5 Å². The van der Waals surface area contributed by atoms with Gasteiger partial charge in [-0.05, 0) is 35.4 Å². The molecule has 0 unspecified atom stereocenters. The molecule has 0 atom stereocenters. The van der Waals surface area contributed by atoms with E-state index in [1.54, 1.807) is 31.5 Å². The van der Waals surface area contributed by atoms with Crippen LogP contribution in [0.2, 0.25) is 0 Å². The van der Waals surface area contributed by atoms with Crippen LogP contribution in [0.25, 0.3) is 0 Å². The second-order valence-corrected chi connectivity index (χ2v) is 6.29. The molecule has 2 N–H and O–H groups in total. The average Bonchev–Trinajstić information content (AvgIpc) is 3.27. The van der Waals surface area contributed by atoms with E-state index in [0.717, 1.165) is 17.5 Å². The standard InChI is InChI=1S/C21H26N6O2.HI/c1-22-21(24-10-11-29-20-8-6-19(28-2)7-9-20)25-13-17-4-3-5-18(12-17)14-27-16-23-15-26-27;/h3-9,12,15-16H,10-11,13-14H2,1-2H3,(H2,22,24,25);1H. The smallest absolute Gasteiger partial charge is 0.191 e. The number of rotatable bonds is 9. The van der Waals surface area contributed by atoms with Gasteiger partial charge >= 0.3 is 0 Å². The molecule has 30 heavy (non-hydrogen) atoms. The highest BCUT2D eigenvalue weighted by atomic mass is 127. The van der Waals surface area contributed by atoms with Crippen molar-refractivity contribution in [3.63, 3.8) is 0 Å². The molecule has 160 valence electrons. The molecule has 9 heteroatoms. The lowest BCUT2D eigenvalue weighted by Gasteiger charge is -2.13. The number of hydrogen-bond acceptors (Lipinski definition) is 5. The molecule has 0 radical (unpaired) electrons. The third kappa shape index (κ3) is 7.54. The lowest BCUT2D eigenvalue weighted by molar-refractivity contribution is 0.321.